The van der Waals surface area contributed by atoms with Crippen LogP contribution >= 0.6 is 33.9 Å². The minimum atomic E-state index is 0.932. The summed E-state index contributed by atoms with van der Waals surface area (Å²) in [5.41, 5.74) is 0. The molecule has 1 aromatic heterocycles. The molecule has 1 rings (SSSR count). The van der Waals surface area contributed by atoms with Gasteiger partial charge in [0.05, 0.1) is 0 Å². The van der Waals surface area contributed by atoms with E-state index in [0.717, 1.165) is 13.1 Å². The van der Waals surface area contributed by atoms with Crippen molar-refractivity contribution in [3.63, 3.8) is 0 Å². The lowest BCUT2D eigenvalue weighted by atomic mass is 10.2. The van der Waals surface area contributed by atoms with Gasteiger partial charge in [-0.1, -0.05) is 29.0 Å². The molecule has 0 spiro atoms. The Morgan fingerprint density at radius 1 is 1.38 bits per heavy atom. The van der Waals surface area contributed by atoms with Crippen molar-refractivity contribution in [2.24, 2.45) is 0 Å². The van der Waals surface area contributed by atoms with Gasteiger partial charge in [0.2, 0.25) is 0 Å². The van der Waals surface area contributed by atoms with Crippen LogP contribution in [0.5, 0.6) is 0 Å². The van der Waals surface area contributed by atoms with Crippen molar-refractivity contribution in [1.82, 2.24) is 10.3 Å². The normalized spacial score (nSPS) is 10.5. The molecule has 0 atom stereocenters. The second kappa shape index (κ2) is 7.70. The number of unbranched alkanes of at least 4 members (excludes halogenated alkanes) is 2. The summed E-state index contributed by atoms with van der Waals surface area (Å²) in [6.07, 6.45) is 5.83. The van der Waals surface area contributed by atoms with Crippen molar-refractivity contribution in [2.45, 2.75) is 25.8 Å². The van der Waals surface area contributed by atoms with Crippen molar-refractivity contribution in [2.75, 3.05) is 11.0 Å². The van der Waals surface area contributed by atoms with Gasteiger partial charge in [-0.15, -0.1) is 11.3 Å². The zero-order valence-electron chi connectivity index (χ0n) is 7.63. The van der Waals surface area contributed by atoms with Gasteiger partial charge in [-0.25, -0.2) is 4.98 Å². The van der Waals surface area contributed by atoms with E-state index in [2.05, 4.69) is 32.9 Å². The van der Waals surface area contributed by atoms with Crippen LogP contribution in [0.2, 0.25) is 0 Å². The molecule has 0 unspecified atom stereocenters. The Hall–Kier alpha value is 0.320. The van der Waals surface area contributed by atoms with Crippen LogP contribution in [0.3, 0.4) is 0 Å². The van der Waals surface area contributed by atoms with E-state index >= 15 is 0 Å². The first-order chi connectivity index (χ1) is 6.43. The van der Waals surface area contributed by atoms with E-state index in [4.69, 9.17) is 0 Å². The SMILES string of the molecule is ICCCCCNCc1nccs1. The molecule has 13 heavy (non-hydrogen) atoms. The molecular formula is C9H15IN2S. The number of rotatable bonds is 7. The fourth-order valence-electron chi connectivity index (χ4n) is 1.06. The third kappa shape index (κ3) is 5.59. The Bertz CT molecular complexity index is 201. The van der Waals surface area contributed by atoms with Gasteiger partial charge in [0, 0.05) is 18.1 Å². The summed E-state index contributed by atoms with van der Waals surface area (Å²) >= 11 is 4.14. The summed E-state index contributed by atoms with van der Waals surface area (Å²) in [5, 5.41) is 6.60. The highest BCUT2D eigenvalue weighted by Gasteiger charge is 1.93. The molecule has 0 aliphatic carbocycles. The maximum atomic E-state index is 4.21. The molecule has 2 nitrogen and oxygen atoms in total. The van der Waals surface area contributed by atoms with Gasteiger partial charge in [-0.3, -0.25) is 0 Å². The van der Waals surface area contributed by atoms with E-state index in [-0.39, 0.29) is 0 Å². The molecular weight excluding hydrogens is 295 g/mol. The fraction of sp³-hybridized carbons (Fsp3) is 0.667. The maximum absolute atomic E-state index is 4.21. The number of aromatic nitrogens is 1. The zero-order valence-corrected chi connectivity index (χ0v) is 10.6. The highest BCUT2D eigenvalue weighted by atomic mass is 127. The highest BCUT2D eigenvalue weighted by Crippen LogP contribution is 2.03. The smallest absolute Gasteiger partial charge is 0.106 e. The van der Waals surface area contributed by atoms with Crippen molar-refractivity contribution < 1.29 is 0 Å². The standard InChI is InChI=1S/C9H15IN2S/c10-4-2-1-3-5-11-8-9-12-6-7-13-9/h6-7,11H,1-5,8H2. The molecule has 0 fully saturated rings. The van der Waals surface area contributed by atoms with Crippen molar-refractivity contribution in [3.05, 3.63) is 16.6 Å². The van der Waals surface area contributed by atoms with Crippen LogP contribution in [-0.2, 0) is 6.54 Å². The molecule has 0 amide bonds. The monoisotopic (exact) mass is 310 g/mol. The third-order valence-corrected chi connectivity index (χ3v) is 3.29. The van der Waals surface area contributed by atoms with Gasteiger partial charge < -0.3 is 5.32 Å². The lowest BCUT2D eigenvalue weighted by Gasteiger charge is -2.00. The Labute approximate surface area is 97.3 Å². The topological polar surface area (TPSA) is 24.9 Å². The van der Waals surface area contributed by atoms with Gasteiger partial charge in [-0.2, -0.15) is 0 Å². The number of alkyl halides is 1. The fourth-order valence-corrected chi connectivity index (χ4v) is 2.18. The first-order valence-electron chi connectivity index (χ1n) is 4.58. The third-order valence-electron chi connectivity index (χ3n) is 1.75. The first kappa shape index (κ1) is 11.4. The van der Waals surface area contributed by atoms with E-state index in [1.54, 1.807) is 11.3 Å². The highest BCUT2D eigenvalue weighted by molar-refractivity contribution is 14.1. The molecule has 0 aliphatic rings. The number of nitrogens with one attached hydrogen (secondary N) is 1. The molecule has 0 radical (unpaired) electrons. The largest absolute Gasteiger partial charge is 0.310 e. The molecule has 0 saturated carbocycles. The second-order valence-corrected chi connectivity index (χ2v) is 4.91. The van der Waals surface area contributed by atoms with Crippen molar-refractivity contribution in [1.29, 1.82) is 0 Å². The Kier molecular flexibility index (Phi) is 6.75. The molecule has 0 bridgehead atoms. The first-order valence-corrected chi connectivity index (χ1v) is 6.99. The van der Waals surface area contributed by atoms with E-state index in [9.17, 15) is 0 Å². The van der Waals surface area contributed by atoms with Gasteiger partial charge in [-0.05, 0) is 23.8 Å². The average Bonchev–Trinajstić information content (AvgIpc) is 2.63. The van der Waals surface area contributed by atoms with Crippen LogP contribution in [0.1, 0.15) is 24.3 Å². The molecule has 4 heteroatoms. The second-order valence-electron chi connectivity index (χ2n) is 2.85. The van der Waals surface area contributed by atoms with E-state index in [1.807, 2.05) is 11.6 Å². The number of hydrogen-bond acceptors (Lipinski definition) is 3. The maximum Gasteiger partial charge on any atom is 0.106 e. The molecule has 0 aliphatic heterocycles. The van der Waals surface area contributed by atoms with E-state index in [0.29, 0.717) is 0 Å². The number of nitrogens with zero attached hydrogens (tertiary/aromatic N) is 1. The number of thiazole rings is 1. The average molecular weight is 310 g/mol. The summed E-state index contributed by atoms with van der Waals surface area (Å²) < 4.78 is 1.28. The lowest BCUT2D eigenvalue weighted by molar-refractivity contribution is 0.618. The van der Waals surface area contributed by atoms with Crippen LogP contribution in [0.25, 0.3) is 0 Å². The van der Waals surface area contributed by atoms with Crippen LogP contribution in [-0.4, -0.2) is 16.0 Å². The Morgan fingerprint density at radius 2 is 2.31 bits per heavy atom. The Morgan fingerprint density at radius 3 is 3.00 bits per heavy atom. The van der Waals surface area contributed by atoms with E-state index < -0.39 is 0 Å². The van der Waals surface area contributed by atoms with Crippen molar-refractivity contribution >= 4 is 33.9 Å². The number of halogens is 1. The summed E-state index contributed by atoms with van der Waals surface area (Å²) in [6, 6.07) is 0. The Balaban J connectivity index is 1.90. The van der Waals surface area contributed by atoms with Gasteiger partial charge in [0.1, 0.15) is 5.01 Å². The van der Waals surface area contributed by atoms with Gasteiger partial charge in [0.15, 0.2) is 0 Å². The predicted octanol–water partition coefficient (Wildman–Crippen LogP) is 2.84. The van der Waals surface area contributed by atoms with Gasteiger partial charge >= 0.3 is 0 Å². The lowest BCUT2D eigenvalue weighted by Crippen LogP contribution is -2.14. The summed E-state index contributed by atoms with van der Waals surface area (Å²) in [6.45, 7) is 2.05. The quantitative estimate of drug-likeness (QED) is 0.476. The summed E-state index contributed by atoms with van der Waals surface area (Å²) in [5.74, 6) is 0. The minimum absolute atomic E-state index is 0.932. The molecule has 1 heterocycles. The predicted molar refractivity (Wildman–Crippen MR) is 66.6 cm³/mol. The van der Waals surface area contributed by atoms with Crippen LogP contribution in [0.15, 0.2) is 11.6 Å². The van der Waals surface area contributed by atoms with Crippen LogP contribution in [0, 0.1) is 0 Å². The summed E-state index contributed by atoms with van der Waals surface area (Å²) in [4.78, 5) is 4.21. The van der Waals surface area contributed by atoms with E-state index in [1.165, 1.54) is 28.7 Å². The molecule has 74 valence electrons. The van der Waals surface area contributed by atoms with Crippen LogP contribution in [0.4, 0.5) is 0 Å². The molecule has 0 saturated heterocycles. The summed E-state index contributed by atoms with van der Waals surface area (Å²) in [7, 11) is 0. The minimum Gasteiger partial charge on any atom is -0.310 e. The molecule has 1 aromatic rings. The number of hydrogen-bond donors (Lipinski definition) is 1. The van der Waals surface area contributed by atoms with Gasteiger partial charge in [0.25, 0.3) is 0 Å². The van der Waals surface area contributed by atoms with Crippen LogP contribution < -0.4 is 5.32 Å². The zero-order chi connectivity index (χ0) is 9.36. The molecule has 0 aromatic carbocycles. The molecule has 1 N–H and O–H groups in total. The van der Waals surface area contributed by atoms with Crippen molar-refractivity contribution in [3.8, 4) is 0 Å².